The van der Waals surface area contributed by atoms with Crippen LogP contribution in [0.5, 0.6) is 0 Å². The average Bonchev–Trinajstić information content (AvgIpc) is 2.23. The highest BCUT2D eigenvalue weighted by atomic mass is 19.1. The molecule has 0 saturated heterocycles. The Labute approximate surface area is 95.5 Å². The number of alkyl halides is 1. The minimum Gasteiger partial charge on any atom is -0.317 e. The third-order valence-corrected chi connectivity index (χ3v) is 3.40. The molecule has 0 rings (SSSR count). The van der Waals surface area contributed by atoms with Crippen LogP contribution in [0, 0.1) is 11.8 Å². The lowest BCUT2D eigenvalue weighted by atomic mass is 9.59. The zero-order valence-electron chi connectivity index (χ0n) is 11.0. The summed E-state index contributed by atoms with van der Waals surface area (Å²) in [7, 11) is 4.12. The number of hydrogen-bond donors (Lipinski definition) is 1. The van der Waals surface area contributed by atoms with Crippen LogP contribution in [0.1, 0.15) is 34.1 Å². The molecule has 1 N–H and O–H groups in total. The van der Waals surface area contributed by atoms with Crippen LogP contribution in [0.25, 0.3) is 0 Å². The molecule has 0 aliphatic rings. The first-order chi connectivity index (χ1) is 6.99. The number of rotatable bonds is 7. The Morgan fingerprint density at radius 2 is 1.80 bits per heavy atom. The van der Waals surface area contributed by atoms with Crippen molar-refractivity contribution in [3.05, 3.63) is 0 Å². The Morgan fingerprint density at radius 1 is 1.27 bits per heavy atom. The third-order valence-electron chi connectivity index (χ3n) is 3.40. The molecule has 4 unspecified atom stereocenters. The summed E-state index contributed by atoms with van der Waals surface area (Å²) in [5, 5.41) is 3.27. The Morgan fingerprint density at radius 3 is 2.07 bits per heavy atom. The summed E-state index contributed by atoms with van der Waals surface area (Å²) in [6.07, 6.45) is 0.341. The van der Waals surface area contributed by atoms with E-state index < -0.39 is 6.17 Å². The largest absolute Gasteiger partial charge is 0.317 e. The Kier molecular flexibility index (Phi) is 7.24. The summed E-state index contributed by atoms with van der Waals surface area (Å²) >= 11 is 0. The molecule has 0 aromatic heterocycles. The van der Waals surface area contributed by atoms with Crippen LogP contribution in [0.15, 0.2) is 0 Å². The van der Waals surface area contributed by atoms with E-state index in [2.05, 4.69) is 26.3 Å². The molecule has 0 saturated carbocycles. The third kappa shape index (κ3) is 4.14. The predicted octanol–water partition coefficient (Wildman–Crippen LogP) is 3.16. The van der Waals surface area contributed by atoms with Crippen LogP contribution in [0.3, 0.4) is 0 Å². The molecule has 1 radical (unpaired) electrons. The molecule has 0 aromatic carbocycles. The van der Waals surface area contributed by atoms with Crippen LogP contribution >= 0.6 is 0 Å². The highest BCUT2D eigenvalue weighted by Crippen LogP contribution is 2.27. The molecular weight excluding hydrogens is 188 g/mol. The highest BCUT2D eigenvalue weighted by Gasteiger charge is 2.30. The summed E-state index contributed by atoms with van der Waals surface area (Å²) in [4.78, 5) is 0. The quantitative estimate of drug-likeness (QED) is 0.642. The van der Waals surface area contributed by atoms with Gasteiger partial charge in [0.2, 0.25) is 0 Å². The number of nitrogens with one attached hydrogen (secondary N) is 1. The fraction of sp³-hybridized carbons (Fsp3) is 1.00. The lowest BCUT2D eigenvalue weighted by Crippen LogP contribution is -2.43. The Hall–Kier alpha value is -0.0451. The van der Waals surface area contributed by atoms with Gasteiger partial charge in [0.15, 0.2) is 0 Å². The van der Waals surface area contributed by atoms with Crippen molar-refractivity contribution in [3.63, 3.8) is 0 Å². The minimum atomic E-state index is -0.726. The highest BCUT2D eigenvalue weighted by molar-refractivity contribution is 6.36. The van der Waals surface area contributed by atoms with Crippen molar-refractivity contribution in [2.24, 2.45) is 11.8 Å². The van der Waals surface area contributed by atoms with Crippen LogP contribution in [-0.2, 0) is 0 Å². The summed E-state index contributed by atoms with van der Waals surface area (Å²) in [6, 6.07) is 0.248. The van der Waals surface area contributed by atoms with Gasteiger partial charge in [0, 0.05) is 12.0 Å². The second-order valence-electron chi connectivity index (χ2n) is 4.77. The van der Waals surface area contributed by atoms with Crippen molar-refractivity contribution in [2.75, 3.05) is 7.05 Å². The van der Waals surface area contributed by atoms with Crippen LogP contribution in [0.4, 0.5) is 4.39 Å². The van der Waals surface area contributed by atoms with E-state index in [4.69, 9.17) is 0 Å². The van der Waals surface area contributed by atoms with E-state index in [-0.39, 0.29) is 17.9 Å². The zero-order valence-corrected chi connectivity index (χ0v) is 11.0. The molecule has 0 aromatic rings. The van der Waals surface area contributed by atoms with Crippen molar-refractivity contribution in [1.82, 2.24) is 5.32 Å². The maximum atomic E-state index is 13.9. The smallest absolute Gasteiger partial charge is 0.112 e. The van der Waals surface area contributed by atoms with E-state index in [0.717, 1.165) is 6.42 Å². The minimum absolute atomic E-state index is 0.0659. The van der Waals surface area contributed by atoms with Crippen LogP contribution in [0.2, 0.25) is 12.6 Å². The second kappa shape index (κ2) is 7.26. The Balaban J connectivity index is 4.50. The van der Waals surface area contributed by atoms with E-state index in [1.165, 1.54) is 0 Å². The molecule has 3 heteroatoms. The lowest BCUT2D eigenvalue weighted by Gasteiger charge is -2.33. The maximum Gasteiger partial charge on any atom is 0.112 e. The van der Waals surface area contributed by atoms with Gasteiger partial charge in [-0.3, -0.25) is 0 Å². The summed E-state index contributed by atoms with van der Waals surface area (Å²) in [6.45, 7) is 10.1. The molecule has 0 aliphatic carbocycles. The van der Waals surface area contributed by atoms with Crippen molar-refractivity contribution < 1.29 is 4.39 Å². The van der Waals surface area contributed by atoms with Gasteiger partial charge in [-0.15, -0.1) is 0 Å². The molecule has 0 aliphatic heterocycles. The van der Waals surface area contributed by atoms with E-state index in [0.29, 0.717) is 5.82 Å². The van der Waals surface area contributed by atoms with Crippen molar-refractivity contribution in [2.45, 2.75) is 59.0 Å². The fourth-order valence-electron chi connectivity index (χ4n) is 2.37. The standard InChI is InChI=1S/C12H26BFN/c1-7-10(13-5)12(15-6)9(4)11(14)8(2)3/h8-12,15H,7H2,1-6H3. The normalized spacial score (nSPS) is 19.7. The van der Waals surface area contributed by atoms with E-state index >= 15 is 0 Å². The van der Waals surface area contributed by atoms with Gasteiger partial charge in [-0.25, -0.2) is 4.39 Å². The van der Waals surface area contributed by atoms with Gasteiger partial charge in [-0.05, 0) is 13.0 Å². The lowest BCUT2D eigenvalue weighted by molar-refractivity contribution is 0.145. The fourth-order valence-corrected chi connectivity index (χ4v) is 2.37. The van der Waals surface area contributed by atoms with Gasteiger partial charge >= 0.3 is 0 Å². The van der Waals surface area contributed by atoms with E-state index in [9.17, 15) is 4.39 Å². The second-order valence-corrected chi connectivity index (χ2v) is 4.77. The van der Waals surface area contributed by atoms with Gasteiger partial charge in [0.05, 0.1) is 0 Å². The van der Waals surface area contributed by atoms with Gasteiger partial charge < -0.3 is 5.32 Å². The van der Waals surface area contributed by atoms with Gasteiger partial charge in [0.25, 0.3) is 0 Å². The molecule has 4 atom stereocenters. The summed E-state index contributed by atoms with van der Waals surface area (Å²) in [5.41, 5.74) is 0. The van der Waals surface area contributed by atoms with Crippen LogP contribution in [-0.4, -0.2) is 26.5 Å². The van der Waals surface area contributed by atoms with Crippen molar-refractivity contribution in [1.29, 1.82) is 0 Å². The predicted molar refractivity (Wildman–Crippen MR) is 67.4 cm³/mol. The first kappa shape index (κ1) is 15.0. The molecule has 0 amide bonds. The van der Waals surface area contributed by atoms with Crippen LogP contribution < -0.4 is 5.32 Å². The molecule has 0 heterocycles. The molecule has 1 nitrogen and oxygen atoms in total. The van der Waals surface area contributed by atoms with Gasteiger partial charge in [-0.2, -0.15) is 0 Å². The number of hydrogen-bond acceptors (Lipinski definition) is 1. The molecular formula is C12H26BFN. The van der Waals surface area contributed by atoms with Crippen molar-refractivity contribution in [3.8, 4) is 0 Å². The Bertz CT molecular complexity index is 160. The van der Waals surface area contributed by atoms with Gasteiger partial charge in [0.1, 0.15) is 13.5 Å². The van der Waals surface area contributed by atoms with Gasteiger partial charge in [-0.1, -0.05) is 46.8 Å². The SMILES string of the molecule is C[B]C(CC)C(NC)C(C)C(F)C(C)C. The average molecular weight is 214 g/mol. The monoisotopic (exact) mass is 214 g/mol. The molecule has 0 fully saturated rings. The summed E-state index contributed by atoms with van der Waals surface area (Å²) in [5.74, 6) is 0.628. The molecule has 0 spiro atoms. The maximum absolute atomic E-state index is 13.9. The molecule has 0 bridgehead atoms. The zero-order chi connectivity index (χ0) is 12.0. The summed E-state index contributed by atoms with van der Waals surface area (Å²) < 4.78 is 13.9. The van der Waals surface area contributed by atoms with E-state index in [1.54, 1.807) is 0 Å². The molecule has 15 heavy (non-hydrogen) atoms. The number of halogens is 1. The first-order valence-electron chi connectivity index (χ1n) is 6.10. The first-order valence-corrected chi connectivity index (χ1v) is 6.10. The van der Waals surface area contributed by atoms with Crippen molar-refractivity contribution >= 4 is 7.28 Å². The topological polar surface area (TPSA) is 12.0 Å². The molecule has 89 valence electrons. The van der Waals surface area contributed by atoms with E-state index in [1.807, 2.05) is 27.8 Å².